The van der Waals surface area contributed by atoms with Crippen molar-refractivity contribution in [3.05, 3.63) is 22.1 Å². The second-order valence-electron chi connectivity index (χ2n) is 5.96. The molecular formula is C16H21N3O4S. The minimum absolute atomic E-state index is 0.130. The summed E-state index contributed by atoms with van der Waals surface area (Å²) in [5.74, 6) is -0.315. The normalized spacial score (nSPS) is 15.0. The molecule has 1 heterocycles. The van der Waals surface area contributed by atoms with Gasteiger partial charge < -0.3 is 10.1 Å². The van der Waals surface area contributed by atoms with Crippen molar-refractivity contribution in [2.24, 2.45) is 5.18 Å². The second-order valence-corrected chi connectivity index (χ2v) is 7.87. The average molecular weight is 351 g/mol. The summed E-state index contributed by atoms with van der Waals surface area (Å²) >= 11 is 0. The maximum absolute atomic E-state index is 13.1. The van der Waals surface area contributed by atoms with Crippen LogP contribution in [0.4, 0.5) is 5.69 Å². The predicted octanol–water partition coefficient (Wildman–Crippen LogP) is 3.18. The van der Waals surface area contributed by atoms with Gasteiger partial charge in [-0.3, -0.25) is 0 Å². The van der Waals surface area contributed by atoms with Gasteiger partial charge in [0.1, 0.15) is 0 Å². The van der Waals surface area contributed by atoms with Crippen molar-refractivity contribution in [3.63, 3.8) is 0 Å². The summed E-state index contributed by atoms with van der Waals surface area (Å²) in [6.07, 6.45) is 3.25. The van der Waals surface area contributed by atoms with E-state index in [0.717, 1.165) is 24.0 Å². The number of sulfonamides is 1. The summed E-state index contributed by atoms with van der Waals surface area (Å²) in [5.41, 5.74) is 2.15. The number of hydrogen-bond donors (Lipinski definition) is 2. The third-order valence-electron chi connectivity index (χ3n) is 4.75. The van der Waals surface area contributed by atoms with E-state index in [0.29, 0.717) is 36.8 Å². The zero-order valence-electron chi connectivity index (χ0n) is 13.8. The lowest BCUT2D eigenvalue weighted by atomic mass is 9.90. The summed E-state index contributed by atoms with van der Waals surface area (Å²) < 4.78 is 27.5. The van der Waals surface area contributed by atoms with E-state index >= 15 is 0 Å². The van der Waals surface area contributed by atoms with Crippen LogP contribution < -0.4 is 0 Å². The zero-order chi connectivity index (χ0) is 17.5. The minimum atomic E-state index is -3.66. The molecule has 7 nitrogen and oxygen atoms in total. The third-order valence-corrected chi connectivity index (χ3v) is 6.87. The minimum Gasteiger partial charge on any atom is -0.493 e. The topological polar surface area (TPSA) is 103 Å². The van der Waals surface area contributed by atoms with Crippen molar-refractivity contribution in [2.45, 2.75) is 44.4 Å². The van der Waals surface area contributed by atoms with Gasteiger partial charge in [-0.15, -0.1) is 4.91 Å². The molecule has 0 aliphatic heterocycles. The lowest BCUT2D eigenvalue weighted by Crippen LogP contribution is -2.31. The first-order chi connectivity index (χ1) is 11.5. The van der Waals surface area contributed by atoms with Gasteiger partial charge in [-0.2, -0.15) is 4.31 Å². The van der Waals surface area contributed by atoms with Crippen LogP contribution in [0.3, 0.4) is 0 Å². The number of nitroso groups, excluding NO2 is 1. The van der Waals surface area contributed by atoms with Gasteiger partial charge in [-0.05, 0) is 48.1 Å². The number of nitrogens with one attached hydrogen (secondary N) is 1. The Bertz CT molecular complexity index is 898. The molecule has 0 radical (unpaired) electrons. The number of aromatic hydroxyl groups is 1. The van der Waals surface area contributed by atoms with Gasteiger partial charge in [0.2, 0.25) is 15.9 Å². The fraction of sp³-hybridized carbons (Fsp3) is 0.500. The molecule has 0 unspecified atom stereocenters. The summed E-state index contributed by atoms with van der Waals surface area (Å²) in [4.78, 5) is 14.1. The van der Waals surface area contributed by atoms with Crippen molar-refractivity contribution in [3.8, 4) is 5.88 Å². The lowest BCUT2D eigenvalue weighted by molar-refractivity contribution is 0.444. The maximum atomic E-state index is 13.1. The maximum Gasteiger partial charge on any atom is 0.243 e. The Balaban J connectivity index is 2.38. The highest BCUT2D eigenvalue weighted by molar-refractivity contribution is 7.89. The van der Waals surface area contributed by atoms with Gasteiger partial charge in [0.25, 0.3) is 0 Å². The number of aryl methyl sites for hydroxylation is 1. The van der Waals surface area contributed by atoms with Crippen LogP contribution in [0.5, 0.6) is 5.88 Å². The summed E-state index contributed by atoms with van der Waals surface area (Å²) in [6, 6.07) is 1.49. The first kappa shape index (κ1) is 16.9. The number of rotatable bonds is 5. The molecule has 8 heteroatoms. The summed E-state index contributed by atoms with van der Waals surface area (Å²) in [6.45, 7) is 4.35. The molecule has 130 valence electrons. The first-order valence-electron chi connectivity index (χ1n) is 8.18. The molecule has 0 fully saturated rings. The number of nitrogens with zero attached hydrogens (tertiary/aromatic N) is 2. The van der Waals surface area contributed by atoms with Gasteiger partial charge in [0.15, 0.2) is 5.69 Å². The quantitative estimate of drug-likeness (QED) is 0.807. The number of H-pyrrole nitrogens is 1. The van der Waals surface area contributed by atoms with Crippen LogP contribution in [-0.2, 0) is 22.9 Å². The molecule has 24 heavy (non-hydrogen) atoms. The van der Waals surface area contributed by atoms with E-state index in [2.05, 4.69) is 10.2 Å². The molecule has 0 saturated carbocycles. The Labute approximate surface area is 140 Å². The van der Waals surface area contributed by atoms with Gasteiger partial charge in [0.05, 0.1) is 10.4 Å². The predicted molar refractivity (Wildman–Crippen MR) is 92.2 cm³/mol. The monoisotopic (exact) mass is 351 g/mol. The lowest BCUT2D eigenvalue weighted by Gasteiger charge is -2.24. The molecule has 0 saturated heterocycles. The van der Waals surface area contributed by atoms with Crippen LogP contribution in [-0.4, -0.2) is 35.9 Å². The van der Waals surface area contributed by atoms with E-state index in [9.17, 15) is 18.4 Å². The molecule has 1 aromatic heterocycles. The highest BCUT2D eigenvalue weighted by Gasteiger charge is 2.30. The molecule has 0 atom stereocenters. The number of fused-ring (bicyclic) bond motifs is 3. The molecule has 1 aliphatic rings. The highest BCUT2D eigenvalue weighted by Crippen LogP contribution is 2.42. The first-order valence-corrected chi connectivity index (χ1v) is 9.62. The second kappa shape index (κ2) is 6.18. The van der Waals surface area contributed by atoms with E-state index in [4.69, 9.17) is 0 Å². The Kier molecular flexibility index (Phi) is 4.35. The van der Waals surface area contributed by atoms with Crippen molar-refractivity contribution >= 4 is 26.6 Å². The van der Waals surface area contributed by atoms with Crippen molar-refractivity contribution in [2.75, 3.05) is 13.1 Å². The fourth-order valence-corrected chi connectivity index (χ4v) is 5.33. The highest BCUT2D eigenvalue weighted by atomic mass is 32.2. The van der Waals surface area contributed by atoms with Gasteiger partial charge in [0, 0.05) is 18.5 Å². The molecule has 2 aromatic rings. The van der Waals surface area contributed by atoms with Crippen LogP contribution in [0.15, 0.2) is 16.1 Å². The number of benzene rings is 1. The van der Waals surface area contributed by atoms with Crippen LogP contribution >= 0.6 is 0 Å². The number of aromatic nitrogens is 1. The third kappa shape index (κ3) is 2.41. The van der Waals surface area contributed by atoms with Gasteiger partial charge in [-0.1, -0.05) is 13.8 Å². The Morgan fingerprint density at radius 3 is 2.42 bits per heavy atom. The standard InChI is InChI=1S/C16H21N3O4S/c1-3-19(4-2)24(22,23)13-9-12-14(17-16(20)15(12)18-21)11-8-6-5-7-10(11)13/h9,17,20H,3-8H2,1-2H3. The Morgan fingerprint density at radius 2 is 1.83 bits per heavy atom. The number of aromatic amines is 1. The van der Waals surface area contributed by atoms with Gasteiger partial charge >= 0.3 is 0 Å². The van der Waals surface area contributed by atoms with E-state index in [1.807, 2.05) is 0 Å². The molecule has 0 bridgehead atoms. The molecule has 3 rings (SSSR count). The zero-order valence-corrected chi connectivity index (χ0v) is 14.6. The van der Waals surface area contributed by atoms with E-state index in [1.54, 1.807) is 13.8 Å². The van der Waals surface area contributed by atoms with E-state index < -0.39 is 10.0 Å². The van der Waals surface area contributed by atoms with Crippen molar-refractivity contribution in [1.29, 1.82) is 0 Å². The SMILES string of the molecule is CCN(CC)S(=O)(=O)c1cc2c(N=O)c(O)[nH]c2c2c1CCCC2. The van der Waals surface area contributed by atoms with E-state index in [-0.39, 0.29) is 16.5 Å². The molecular weight excluding hydrogens is 330 g/mol. The molecule has 2 N–H and O–H groups in total. The molecule has 0 spiro atoms. The van der Waals surface area contributed by atoms with Gasteiger partial charge in [-0.25, -0.2) is 8.42 Å². The molecule has 0 amide bonds. The largest absolute Gasteiger partial charge is 0.493 e. The van der Waals surface area contributed by atoms with Crippen LogP contribution in [0, 0.1) is 4.91 Å². The Morgan fingerprint density at radius 1 is 1.21 bits per heavy atom. The van der Waals surface area contributed by atoms with Crippen LogP contribution in [0.1, 0.15) is 37.8 Å². The summed E-state index contributed by atoms with van der Waals surface area (Å²) in [7, 11) is -3.66. The average Bonchev–Trinajstić information content (AvgIpc) is 2.90. The number of hydrogen-bond acceptors (Lipinski definition) is 5. The smallest absolute Gasteiger partial charge is 0.243 e. The Hall–Kier alpha value is -1.93. The van der Waals surface area contributed by atoms with Crippen molar-refractivity contribution in [1.82, 2.24) is 9.29 Å². The van der Waals surface area contributed by atoms with Crippen LogP contribution in [0.25, 0.3) is 10.9 Å². The van der Waals surface area contributed by atoms with Crippen molar-refractivity contribution < 1.29 is 13.5 Å². The van der Waals surface area contributed by atoms with E-state index in [1.165, 1.54) is 10.4 Å². The molecule has 1 aromatic carbocycles. The summed E-state index contributed by atoms with van der Waals surface area (Å²) in [5, 5.41) is 13.2. The van der Waals surface area contributed by atoms with Crippen LogP contribution in [0.2, 0.25) is 0 Å². The fourth-order valence-electron chi connectivity index (χ4n) is 3.57. The molecule has 1 aliphatic carbocycles.